The first kappa shape index (κ1) is 22.1. The third-order valence-corrected chi connectivity index (χ3v) is 8.03. The van der Waals surface area contributed by atoms with Gasteiger partial charge in [-0.1, -0.05) is 55.7 Å². The highest BCUT2D eigenvalue weighted by molar-refractivity contribution is 6.10. The van der Waals surface area contributed by atoms with Crippen LogP contribution in [0.2, 0.25) is 0 Å². The summed E-state index contributed by atoms with van der Waals surface area (Å²) >= 11 is 0. The predicted molar refractivity (Wildman–Crippen MR) is 125 cm³/mol. The molecule has 0 bridgehead atoms. The Morgan fingerprint density at radius 1 is 0.943 bits per heavy atom. The number of amides is 2. The number of hydrogen-bond donors (Lipinski definition) is 2. The summed E-state index contributed by atoms with van der Waals surface area (Å²) in [5.74, 6) is -2.53. The van der Waals surface area contributed by atoms with Crippen LogP contribution in [-0.4, -0.2) is 47.0 Å². The third-order valence-electron chi connectivity index (χ3n) is 8.03. The molecule has 1 saturated carbocycles. The Morgan fingerprint density at radius 2 is 1.66 bits per heavy atom. The summed E-state index contributed by atoms with van der Waals surface area (Å²) in [6.45, 7) is 0.870. The number of nitrogens with zero attached hydrogens (tertiary/aromatic N) is 1. The van der Waals surface area contributed by atoms with Crippen LogP contribution in [0.5, 0.6) is 11.5 Å². The first-order valence-electron chi connectivity index (χ1n) is 12.4. The second-order valence-corrected chi connectivity index (χ2v) is 9.85. The van der Waals surface area contributed by atoms with Gasteiger partial charge < -0.3 is 14.6 Å². The molecule has 3 heterocycles. The molecule has 0 aromatic heterocycles. The molecule has 6 rings (SSSR count). The van der Waals surface area contributed by atoms with Crippen molar-refractivity contribution in [2.45, 2.75) is 49.7 Å². The molecule has 3 fully saturated rings. The lowest BCUT2D eigenvalue weighted by atomic mass is 9.75. The van der Waals surface area contributed by atoms with Crippen LogP contribution >= 0.6 is 0 Å². The Hall–Kier alpha value is -3.39. The number of ether oxygens (including phenoxy) is 2. The summed E-state index contributed by atoms with van der Waals surface area (Å²) in [4.78, 5) is 42.3. The number of nitrogens with one attached hydrogen (secondary N) is 1. The fourth-order valence-corrected chi connectivity index (χ4v) is 6.46. The Kier molecular flexibility index (Phi) is 5.29. The predicted octanol–water partition coefficient (Wildman–Crippen LogP) is 3.02. The topological polar surface area (TPSA) is 105 Å². The van der Waals surface area contributed by atoms with E-state index in [1.54, 1.807) is 42.5 Å². The molecule has 0 spiro atoms. The molecule has 4 atom stereocenters. The van der Waals surface area contributed by atoms with Crippen molar-refractivity contribution in [3.8, 4) is 11.5 Å². The molecule has 2 N–H and O–H groups in total. The average Bonchev–Trinajstić information content (AvgIpc) is 3.39. The summed E-state index contributed by atoms with van der Waals surface area (Å²) in [7, 11) is 0. The molecule has 2 amide bonds. The molecular weight excluding hydrogens is 448 g/mol. The SMILES string of the molecule is O=C1C2C(c3ccc4c(c3)OCCO4)NC(C(=O)O)(c3ccccc3)C2C(=O)N1C1CCCCC1. The maximum Gasteiger partial charge on any atom is 0.329 e. The lowest BCUT2D eigenvalue weighted by molar-refractivity contribution is -0.153. The van der Waals surface area contributed by atoms with Crippen molar-refractivity contribution < 1.29 is 29.0 Å². The van der Waals surface area contributed by atoms with Crippen LogP contribution in [0.15, 0.2) is 48.5 Å². The summed E-state index contributed by atoms with van der Waals surface area (Å²) < 4.78 is 11.4. The quantitative estimate of drug-likeness (QED) is 0.654. The Labute approximate surface area is 203 Å². The van der Waals surface area contributed by atoms with Crippen molar-refractivity contribution in [2.75, 3.05) is 13.2 Å². The van der Waals surface area contributed by atoms with Crippen molar-refractivity contribution in [3.63, 3.8) is 0 Å². The minimum Gasteiger partial charge on any atom is -0.486 e. The molecule has 2 saturated heterocycles. The van der Waals surface area contributed by atoms with E-state index in [1.165, 1.54) is 4.90 Å². The lowest BCUT2D eigenvalue weighted by Gasteiger charge is -2.35. The average molecular weight is 477 g/mol. The Morgan fingerprint density at radius 3 is 2.37 bits per heavy atom. The van der Waals surface area contributed by atoms with E-state index in [9.17, 15) is 19.5 Å². The first-order chi connectivity index (χ1) is 17.0. The van der Waals surface area contributed by atoms with Gasteiger partial charge in [0.15, 0.2) is 17.0 Å². The van der Waals surface area contributed by atoms with Gasteiger partial charge >= 0.3 is 5.97 Å². The van der Waals surface area contributed by atoms with E-state index < -0.39 is 29.4 Å². The van der Waals surface area contributed by atoms with Crippen LogP contribution in [0.4, 0.5) is 0 Å². The van der Waals surface area contributed by atoms with E-state index in [1.807, 2.05) is 6.07 Å². The van der Waals surface area contributed by atoms with Gasteiger partial charge in [-0.05, 0) is 36.1 Å². The molecular formula is C27H28N2O6. The van der Waals surface area contributed by atoms with Crippen LogP contribution in [0.3, 0.4) is 0 Å². The zero-order valence-electron chi connectivity index (χ0n) is 19.3. The standard InChI is InChI=1S/C27H28N2O6/c30-24-21-22(25(31)29(24)18-9-5-2-6-10-18)27(26(32)33,17-7-3-1-4-8-17)28-23(21)16-11-12-19-20(15-16)35-14-13-34-19/h1,3-4,7-8,11-12,15,18,21-23,28H,2,5-6,9-10,13-14H2,(H,32,33). The third kappa shape index (κ3) is 3.26. The number of carboxylic acid groups (broad SMARTS) is 1. The van der Waals surface area contributed by atoms with Crippen LogP contribution < -0.4 is 14.8 Å². The van der Waals surface area contributed by atoms with Gasteiger partial charge in [-0.15, -0.1) is 0 Å². The summed E-state index contributed by atoms with van der Waals surface area (Å²) in [6, 6.07) is 13.3. The van der Waals surface area contributed by atoms with Gasteiger partial charge in [0, 0.05) is 12.1 Å². The number of imide groups is 1. The van der Waals surface area contributed by atoms with E-state index in [2.05, 4.69) is 5.32 Å². The smallest absolute Gasteiger partial charge is 0.329 e. The zero-order valence-corrected chi connectivity index (χ0v) is 19.3. The minimum absolute atomic E-state index is 0.169. The molecule has 4 aliphatic rings. The normalized spacial score (nSPS) is 30.4. The lowest BCUT2D eigenvalue weighted by Crippen LogP contribution is -2.54. The second kappa shape index (κ2) is 8.37. The molecule has 4 unspecified atom stereocenters. The van der Waals surface area contributed by atoms with Crippen LogP contribution in [0, 0.1) is 11.8 Å². The number of likely N-dealkylation sites (tertiary alicyclic amines) is 1. The number of carboxylic acids is 1. The number of rotatable bonds is 4. The van der Waals surface area contributed by atoms with Crippen molar-refractivity contribution in [2.24, 2.45) is 11.8 Å². The van der Waals surface area contributed by atoms with Gasteiger partial charge in [-0.25, -0.2) is 4.79 Å². The fraction of sp³-hybridized carbons (Fsp3) is 0.444. The molecule has 2 aromatic rings. The zero-order chi connectivity index (χ0) is 24.2. The van der Waals surface area contributed by atoms with E-state index in [-0.39, 0.29) is 17.9 Å². The van der Waals surface area contributed by atoms with E-state index in [4.69, 9.17) is 9.47 Å². The maximum atomic E-state index is 14.0. The highest BCUT2D eigenvalue weighted by Gasteiger charge is 2.69. The van der Waals surface area contributed by atoms with Gasteiger partial charge in [0.25, 0.3) is 0 Å². The molecule has 8 heteroatoms. The highest BCUT2D eigenvalue weighted by Crippen LogP contribution is 2.54. The van der Waals surface area contributed by atoms with Gasteiger partial charge in [0.2, 0.25) is 11.8 Å². The van der Waals surface area contributed by atoms with Gasteiger partial charge in [-0.2, -0.15) is 0 Å². The van der Waals surface area contributed by atoms with Crippen molar-refractivity contribution in [3.05, 3.63) is 59.7 Å². The molecule has 35 heavy (non-hydrogen) atoms. The number of aliphatic carboxylic acids is 1. The van der Waals surface area contributed by atoms with Gasteiger partial charge in [-0.3, -0.25) is 19.8 Å². The molecule has 0 radical (unpaired) electrons. The van der Waals surface area contributed by atoms with E-state index in [0.717, 1.165) is 32.1 Å². The number of fused-ring (bicyclic) bond motifs is 2. The van der Waals surface area contributed by atoms with Gasteiger partial charge in [0.1, 0.15) is 13.2 Å². The number of benzene rings is 2. The number of hydrogen-bond acceptors (Lipinski definition) is 6. The fourth-order valence-electron chi connectivity index (χ4n) is 6.46. The summed E-state index contributed by atoms with van der Waals surface area (Å²) in [6.07, 6.45) is 4.55. The minimum atomic E-state index is -1.72. The van der Waals surface area contributed by atoms with Crippen LogP contribution in [0.1, 0.15) is 49.3 Å². The van der Waals surface area contributed by atoms with E-state index in [0.29, 0.717) is 35.8 Å². The molecule has 3 aliphatic heterocycles. The monoisotopic (exact) mass is 476 g/mol. The summed E-state index contributed by atoms with van der Waals surface area (Å²) in [5.41, 5.74) is -0.552. The Bertz CT molecular complexity index is 1180. The summed E-state index contributed by atoms with van der Waals surface area (Å²) in [5, 5.41) is 13.9. The van der Waals surface area contributed by atoms with Crippen molar-refractivity contribution in [1.82, 2.24) is 10.2 Å². The van der Waals surface area contributed by atoms with Crippen molar-refractivity contribution >= 4 is 17.8 Å². The molecule has 1 aliphatic carbocycles. The number of carbonyl (C=O) groups excluding carboxylic acids is 2. The molecule has 8 nitrogen and oxygen atoms in total. The molecule has 182 valence electrons. The largest absolute Gasteiger partial charge is 0.486 e. The first-order valence-corrected chi connectivity index (χ1v) is 12.4. The van der Waals surface area contributed by atoms with E-state index >= 15 is 0 Å². The van der Waals surface area contributed by atoms with Gasteiger partial charge in [0.05, 0.1) is 11.8 Å². The Balaban J connectivity index is 1.49. The second-order valence-electron chi connectivity index (χ2n) is 9.85. The van der Waals surface area contributed by atoms with Crippen LogP contribution in [-0.2, 0) is 19.9 Å². The maximum absolute atomic E-state index is 14.0. The van der Waals surface area contributed by atoms with Crippen LogP contribution in [0.25, 0.3) is 0 Å². The number of carbonyl (C=O) groups is 3. The van der Waals surface area contributed by atoms with Crippen molar-refractivity contribution in [1.29, 1.82) is 0 Å². The molecule has 2 aromatic carbocycles. The highest BCUT2D eigenvalue weighted by atomic mass is 16.6.